The number of furan rings is 1. The lowest BCUT2D eigenvalue weighted by Crippen LogP contribution is -2.14. The lowest BCUT2D eigenvalue weighted by Gasteiger charge is -2.11. The summed E-state index contributed by atoms with van der Waals surface area (Å²) in [7, 11) is 0. The monoisotopic (exact) mass is 267 g/mol. The summed E-state index contributed by atoms with van der Waals surface area (Å²) in [5, 5.41) is 0.389. The standard InChI is InChI=1S/C14H15ClFNO/c1-8-5-12(9(2)18-8)14(17)6-10-3-4-11(15)7-13(10)16/h3-5,7,14H,6,17H2,1-2H3. The summed E-state index contributed by atoms with van der Waals surface area (Å²) in [6, 6.07) is 6.25. The molecule has 1 heterocycles. The average Bonchev–Trinajstić information content (AvgIpc) is 2.62. The number of rotatable bonds is 3. The maximum absolute atomic E-state index is 13.7. The summed E-state index contributed by atoms with van der Waals surface area (Å²) >= 11 is 5.71. The van der Waals surface area contributed by atoms with E-state index >= 15 is 0 Å². The van der Waals surface area contributed by atoms with Crippen molar-refractivity contribution in [3.05, 3.63) is 57.8 Å². The first kappa shape index (κ1) is 13.1. The molecule has 0 amide bonds. The van der Waals surface area contributed by atoms with Crippen LogP contribution in [-0.2, 0) is 6.42 Å². The quantitative estimate of drug-likeness (QED) is 0.915. The van der Waals surface area contributed by atoms with Crippen molar-refractivity contribution in [1.29, 1.82) is 0 Å². The highest BCUT2D eigenvalue weighted by atomic mass is 35.5. The molecule has 2 aromatic rings. The molecule has 0 spiro atoms. The first-order valence-corrected chi connectivity index (χ1v) is 6.11. The lowest BCUT2D eigenvalue weighted by molar-refractivity contribution is 0.496. The first-order valence-electron chi connectivity index (χ1n) is 5.74. The van der Waals surface area contributed by atoms with Crippen molar-refractivity contribution in [2.45, 2.75) is 26.3 Å². The predicted octanol–water partition coefficient (Wildman–Crippen LogP) is 3.93. The molecule has 0 radical (unpaired) electrons. The lowest BCUT2D eigenvalue weighted by atomic mass is 9.99. The van der Waals surface area contributed by atoms with Gasteiger partial charge in [-0.3, -0.25) is 0 Å². The highest BCUT2D eigenvalue weighted by molar-refractivity contribution is 6.30. The molecule has 4 heteroatoms. The van der Waals surface area contributed by atoms with E-state index < -0.39 is 0 Å². The van der Waals surface area contributed by atoms with Gasteiger partial charge in [0.2, 0.25) is 0 Å². The van der Waals surface area contributed by atoms with E-state index in [0.29, 0.717) is 17.0 Å². The summed E-state index contributed by atoms with van der Waals surface area (Å²) < 4.78 is 19.1. The second-order valence-corrected chi connectivity index (χ2v) is 4.85. The zero-order valence-corrected chi connectivity index (χ0v) is 11.1. The molecule has 0 saturated heterocycles. The van der Waals surface area contributed by atoms with Crippen molar-refractivity contribution >= 4 is 11.6 Å². The van der Waals surface area contributed by atoms with Crippen molar-refractivity contribution in [3.63, 3.8) is 0 Å². The van der Waals surface area contributed by atoms with Gasteiger partial charge in [-0.25, -0.2) is 4.39 Å². The topological polar surface area (TPSA) is 39.2 Å². The second-order valence-electron chi connectivity index (χ2n) is 4.41. The minimum atomic E-state index is -0.323. The molecule has 2 nitrogen and oxygen atoms in total. The van der Waals surface area contributed by atoms with Crippen LogP contribution in [0.5, 0.6) is 0 Å². The van der Waals surface area contributed by atoms with Crippen LogP contribution in [0.1, 0.15) is 28.7 Å². The smallest absolute Gasteiger partial charge is 0.127 e. The van der Waals surface area contributed by atoms with Gasteiger partial charge in [0.05, 0.1) is 0 Å². The molecule has 2 N–H and O–H groups in total. The molecule has 0 saturated carbocycles. The Kier molecular flexibility index (Phi) is 3.73. The van der Waals surface area contributed by atoms with Gasteiger partial charge in [-0.05, 0) is 44.0 Å². The molecule has 18 heavy (non-hydrogen) atoms. The number of aryl methyl sites for hydroxylation is 2. The molecular weight excluding hydrogens is 253 g/mol. The van der Waals surface area contributed by atoms with Crippen LogP contribution in [0.3, 0.4) is 0 Å². The van der Waals surface area contributed by atoms with Crippen LogP contribution in [0.15, 0.2) is 28.7 Å². The Morgan fingerprint density at radius 2 is 2.06 bits per heavy atom. The van der Waals surface area contributed by atoms with E-state index in [-0.39, 0.29) is 11.9 Å². The Labute approximate surface area is 111 Å². The zero-order valence-electron chi connectivity index (χ0n) is 10.3. The van der Waals surface area contributed by atoms with Gasteiger partial charge in [-0.15, -0.1) is 0 Å². The fourth-order valence-corrected chi connectivity index (χ4v) is 2.21. The van der Waals surface area contributed by atoms with Gasteiger partial charge in [0, 0.05) is 16.6 Å². The molecule has 96 valence electrons. The van der Waals surface area contributed by atoms with Crippen molar-refractivity contribution in [3.8, 4) is 0 Å². The average molecular weight is 268 g/mol. The van der Waals surface area contributed by atoms with Gasteiger partial charge >= 0.3 is 0 Å². The van der Waals surface area contributed by atoms with Gasteiger partial charge in [0.15, 0.2) is 0 Å². The zero-order chi connectivity index (χ0) is 13.3. The molecule has 0 fully saturated rings. The Morgan fingerprint density at radius 1 is 1.33 bits per heavy atom. The summed E-state index contributed by atoms with van der Waals surface area (Å²) in [6.45, 7) is 3.73. The molecule has 0 aliphatic rings. The highest BCUT2D eigenvalue weighted by Crippen LogP contribution is 2.24. The molecule has 2 rings (SSSR count). The molecule has 1 aromatic heterocycles. The fourth-order valence-electron chi connectivity index (χ4n) is 2.05. The highest BCUT2D eigenvalue weighted by Gasteiger charge is 2.15. The number of nitrogens with two attached hydrogens (primary N) is 1. The van der Waals surface area contributed by atoms with Crippen LogP contribution in [0, 0.1) is 19.7 Å². The van der Waals surface area contributed by atoms with Crippen LogP contribution in [0.4, 0.5) is 4.39 Å². The fraction of sp³-hybridized carbons (Fsp3) is 0.286. The number of hydrogen-bond donors (Lipinski definition) is 1. The van der Waals surface area contributed by atoms with E-state index in [4.69, 9.17) is 21.8 Å². The van der Waals surface area contributed by atoms with Gasteiger partial charge in [0.25, 0.3) is 0 Å². The van der Waals surface area contributed by atoms with Crippen LogP contribution < -0.4 is 5.73 Å². The Hall–Kier alpha value is -1.32. The van der Waals surface area contributed by atoms with Crippen LogP contribution in [0.25, 0.3) is 0 Å². The third-order valence-electron chi connectivity index (χ3n) is 2.93. The van der Waals surface area contributed by atoms with E-state index in [9.17, 15) is 4.39 Å². The molecular formula is C14H15ClFNO. The maximum Gasteiger partial charge on any atom is 0.127 e. The Morgan fingerprint density at radius 3 is 2.61 bits per heavy atom. The Balaban J connectivity index is 2.21. The largest absolute Gasteiger partial charge is 0.466 e. The van der Waals surface area contributed by atoms with Gasteiger partial charge < -0.3 is 10.2 Å². The summed E-state index contributed by atoms with van der Waals surface area (Å²) in [4.78, 5) is 0. The minimum Gasteiger partial charge on any atom is -0.466 e. The summed E-state index contributed by atoms with van der Waals surface area (Å²) in [5.41, 5.74) is 7.57. The maximum atomic E-state index is 13.7. The van der Waals surface area contributed by atoms with Gasteiger partial charge in [0.1, 0.15) is 17.3 Å². The van der Waals surface area contributed by atoms with E-state index in [0.717, 1.165) is 17.1 Å². The summed E-state index contributed by atoms with van der Waals surface area (Å²) in [6.07, 6.45) is 0.419. The molecule has 1 atom stereocenters. The Bertz CT molecular complexity index is 565. The normalized spacial score (nSPS) is 12.7. The first-order chi connectivity index (χ1) is 8.47. The number of halogens is 2. The second kappa shape index (κ2) is 5.12. The third kappa shape index (κ3) is 2.74. The van der Waals surface area contributed by atoms with Gasteiger partial charge in [-0.1, -0.05) is 17.7 Å². The molecule has 0 bridgehead atoms. The minimum absolute atomic E-state index is 0.280. The molecule has 0 aliphatic carbocycles. The van der Waals surface area contributed by atoms with Crippen LogP contribution in [0.2, 0.25) is 5.02 Å². The summed E-state index contributed by atoms with van der Waals surface area (Å²) in [5.74, 6) is 1.28. The van der Waals surface area contributed by atoms with Gasteiger partial charge in [-0.2, -0.15) is 0 Å². The van der Waals surface area contributed by atoms with Crippen LogP contribution in [-0.4, -0.2) is 0 Å². The van der Waals surface area contributed by atoms with Crippen LogP contribution >= 0.6 is 11.6 Å². The third-order valence-corrected chi connectivity index (χ3v) is 3.17. The molecule has 1 aromatic carbocycles. The van der Waals surface area contributed by atoms with E-state index in [1.165, 1.54) is 6.07 Å². The molecule has 1 unspecified atom stereocenters. The van der Waals surface area contributed by atoms with E-state index in [1.54, 1.807) is 12.1 Å². The van der Waals surface area contributed by atoms with Crippen molar-refractivity contribution in [1.82, 2.24) is 0 Å². The number of benzene rings is 1. The SMILES string of the molecule is Cc1cc(C(N)Cc2ccc(Cl)cc2F)c(C)o1. The molecule has 0 aliphatic heterocycles. The number of hydrogen-bond acceptors (Lipinski definition) is 2. The van der Waals surface area contributed by atoms with Crippen molar-refractivity contribution in [2.75, 3.05) is 0 Å². The van der Waals surface area contributed by atoms with Crippen molar-refractivity contribution in [2.24, 2.45) is 5.73 Å². The van der Waals surface area contributed by atoms with E-state index in [2.05, 4.69) is 0 Å². The predicted molar refractivity (Wildman–Crippen MR) is 70.2 cm³/mol. The van der Waals surface area contributed by atoms with E-state index in [1.807, 2.05) is 19.9 Å². The van der Waals surface area contributed by atoms with Crippen molar-refractivity contribution < 1.29 is 8.81 Å².